The third kappa shape index (κ3) is 5.09. The van der Waals surface area contributed by atoms with Crippen molar-refractivity contribution in [2.45, 2.75) is 13.3 Å². The Morgan fingerprint density at radius 1 is 1.23 bits per heavy atom. The summed E-state index contributed by atoms with van der Waals surface area (Å²) in [5.74, 6) is 0.692. The number of thiazole rings is 1. The van der Waals surface area contributed by atoms with Crippen LogP contribution in [0.25, 0.3) is 10.2 Å². The molecule has 0 bridgehead atoms. The van der Waals surface area contributed by atoms with Crippen LogP contribution >= 0.6 is 27.3 Å². The molecule has 2 heterocycles. The van der Waals surface area contributed by atoms with Gasteiger partial charge in [-0.3, -0.25) is 14.6 Å². The van der Waals surface area contributed by atoms with Gasteiger partial charge in [-0.25, -0.2) is 4.98 Å². The number of aryl methyl sites for hydroxylation is 1. The Morgan fingerprint density at radius 3 is 2.68 bits per heavy atom. The predicted molar refractivity (Wildman–Crippen MR) is 129 cm³/mol. The molecule has 0 spiro atoms. The SMILES string of the molecule is COc1ccc(C)c2sc(N(CCCN3CCOCC3)C(=O)c3ccc(Br)cc3)nc12. The van der Waals surface area contributed by atoms with E-state index in [1.807, 2.05) is 41.3 Å². The highest BCUT2D eigenvalue weighted by Crippen LogP contribution is 2.37. The molecule has 0 radical (unpaired) electrons. The molecule has 1 aromatic heterocycles. The molecule has 8 heteroatoms. The summed E-state index contributed by atoms with van der Waals surface area (Å²) < 4.78 is 12.9. The molecule has 1 saturated heterocycles. The van der Waals surface area contributed by atoms with Crippen molar-refractivity contribution in [1.82, 2.24) is 9.88 Å². The monoisotopic (exact) mass is 503 g/mol. The largest absolute Gasteiger partial charge is 0.494 e. The lowest BCUT2D eigenvalue weighted by molar-refractivity contribution is 0.0376. The first-order chi connectivity index (χ1) is 15.1. The lowest BCUT2D eigenvalue weighted by atomic mass is 10.2. The number of amides is 1. The van der Waals surface area contributed by atoms with Gasteiger partial charge in [0, 0.05) is 36.2 Å². The van der Waals surface area contributed by atoms with Crippen LogP contribution in [0.5, 0.6) is 5.75 Å². The van der Waals surface area contributed by atoms with Crippen molar-refractivity contribution in [1.29, 1.82) is 0 Å². The third-order valence-electron chi connectivity index (χ3n) is 5.44. The Labute approximate surface area is 194 Å². The van der Waals surface area contributed by atoms with Crippen LogP contribution in [0.15, 0.2) is 40.9 Å². The number of aromatic nitrogens is 1. The summed E-state index contributed by atoms with van der Waals surface area (Å²) in [5, 5.41) is 0.706. The van der Waals surface area contributed by atoms with Crippen molar-refractivity contribution in [3.63, 3.8) is 0 Å². The van der Waals surface area contributed by atoms with Gasteiger partial charge >= 0.3 is 0 Å². The Balaban J connectivity index is 1.62. The lowest BCUT2D eigenvalue weighted by Crippen LogP contribution is -2.39. The molecule has 1 fully saturated rings. The topological polar surface area (TPSA) is 54.9 Å². The quantitative estimate of drug-likeness (QED) is 0.465. The number of ether oxygens (including phenoxy) is 2. The molecule has 4 rings (SSSR count). The van der Waals surface area contributed by atoms with Crippen LogP contribution in [-0.2, 0) is 4.74 Å². The molecule has 3 aromatic rings. The molecule has 6 nitrogen and oxygen atoms in total. The molecule has 31 heavy (non-hydrogen) atoms. The molecular weight excluding hydrogens is 478 g/mol. The molecule has 1 amide bonds. The second kappa shape index (κ2) is 10.1. The molecule has 0 unspecified atom stereocenters. The number of halogens is 1. The maximum atomic E-state index is 13.5. The van der Waals surface area contributed by atoms with E-state index in [9.17, 15) is 4.79 Å². The highest BCUT2D eigenvalue weighted by atomic mass is 79.9. The molecule has 0 aliphatic carbocycles. The Kier molecular flexibility index (Phi) is 7.22. The zero-order valence-electron chi connectivity index (χ0n) is 17.8. The van der Waals surface area contributed by atoms with Crippen molar-refractivity contribution in [2.24, 2.45) is 0 Å². The van der Waals surface area contributed by atoms with Crippen LogP contribution in [0.3, 0.4) is 0 Å². The summed E-state index contributed by atoms with van der Waals surface area (Å²) in [5.41, 5.74) is 2.59. The number of carbonyl (C=O) groups excluding carboxylic acids is 1. The average molecular weight is 504 g/mol. The maximum absolute atomic E-state index is 13.5. The van der Waals surface area contributed by atoms with Crippen LogP contribution in [0.1, 0.15) is 22.3 Å². The zero-order valence-corrected chi connectivity index (χ0v) is 20.2. The van der Waals surface area contributed by atoms with E-state index >= 15 is 0 Å². The summed E-state index contributed by atoms with van der Waals surface area (Å²) in [7, 11) is 1.65. The van der Waals surface area contributed by atoms with E-state index in [2.05, 4.69) is 27.8 Å². The molecule has 2 aromatic carbocycles. The van der Waals surface area contributed by atoms with E-state index in [-0.39, 0.29) is 5.91 Å². The van der Waals surface area contributed by atoms with Gasteiger partial charge in [0.2, 0.25) is 0 Å². The molecular formula is C23H26BrN3O3S. The summed E-state index contributed by atoms with van der Waals surface area (Å²) in [6.45, 7) is 7.03. The minimum absolute atomic E-state index is 0.0369. The molecule has 0 saturated carbocycles. The Hall–Kier alpha value is -2.00. The predicted octanol–water partition coefficient (Wildman–Crippen LogP) is 4.74. The molecule has 0 atom stereocenters. The van der Waals surface area contributed by atoms with Crippen molar-refractivity contribution >= 4 is 48.5 Å². The maximum Gasteiger partial charge on any atom is 0.260 e. The van der Waals surface area contributed by atoms with Crippen LogP contribution < -0.4 is 9.64 Å². The number of anilines is 1. The van der Waals surface area contributed by atoms with E-state index in [4.69, 9.17) is 14.5 Å². The minimum atomic E-state index is -0.0369. The number of carbonyl (C=O) groups is 1. The number of fused-ring (bicyclic) bond motifs is 1. The molecule has 1 aliphatic heterocycles. The van der Waals surface area contributed by atoms with E-state index in [0.29, 0.717) is 17.2 Å². The van der Waals surface area contributed by atoms with Crippen molar-refractivity contribution in [3.05, 3.63) is 52.0 Å². The van der Waals surface area contributed by atoms with E-state index in [0.717, 1.165) is 65.3 Å². The van der Waals surface area contributed by atoms with Crippen LogP contribution in [0.4, 0.5) is 5.13 Å². The zero-order chi connectivity index (χ0) is 21.8. The lowest BCUT2D eigenvalue weighted by Gasteiger charge is -2.27. The van der Waals surface area contributed by atoms with Gasteiger partial charge < -0.3 is 9.47 Å². The fourth-order valence-electron chi connectivity index (χ4n) is 3.69. The van der Waals surface area contributed by atoms with Gasteiger partial charge in [-0.15, -0.1) is 0 Å². The summed E-state index contributed by atoms with van der Waals surface area (Å²) in [6, 6.07) is 11.4. The van der Waals surface area contributed by atoms with Gasteiger partial charge in [0.1, 0.15) is 11.3 Å². The van der Waals surface area contributed by atoms with E-state index in [1.165, 1.54) is 0 Å². The first-order valence-corrected chi connectivity index (χ1v) is 12.0. The number of hydrogen-bond acceptors (Lipinski definition) is 6. The average Bonchev–Trinajstić information content (AvgIpc) is 3.24. The first-order valence-electron chi connectivity index (χ1n) is 10.4. The van der Waals surface area contributed by atoms with Crippen LogP contribution in [0, 0.1) is 6.92 Å². The van der Waals surface area contributed by atoms with Crippen LogP contribution in [0.2, 0.25) is 0 Å². The fraction of sp³-hybridized carbons (Fsp3) is 0.391. The number of rotatable bonds is 7. The van der Waals surface area contributed by atoms with Gasteiger partial charge in [0.25, 0.3) is 5.91 Å². The summed E-state index contributed by atoms with van der Waals surface area (Å²) in [4.78, 5) is 22.5. The Morgan fingerprint density at radius 2 is 1.97 bits per heavy atom. The molecule has 1 aliphatic rings. The van der Waals surface area contributed by atoms with Crippen molar-refractivity contribution < 1.29 is 14.3 Å². The number of methoxy groups -OCH3 is 1. The first kappa shape index (κ1) is 22.2. The van der Waals surface area contributed by atoms with E-state index < -0.39 is 0 Å². The highest BCUT2D eigenvalue weighted by molar-refractivity contribution is 9.10. The van der Waals surface area contributed by atoms with Crippen molar-refractivity contribution in [2.75, 3.05) is 51.4 Å². The second-order valence-corrected chi connectivity index (χ2v) is 9.42. The minimum Gasteiger partial charge on any atom is -0.494 e. The van der Waals surface area contributed by atoms with Gasteiger partial charge in [0.15, 0.2) is 5.13 Å². The van der Waals surface area contributed by atoms with Gasteiger partial charge in [-0.2, -0.15) is 0 Å². The second-order valence-electron chi connectivity index (χ2n) is 7.53. The van der Waals surface area contributed by atoms with E-state index in [1.54, 1.807) is 18.4 Å². The Bertz CT molecular complexity index is 1050. The normalized spacial score (nSPS) is 14.7. The number of nitrogens with zero attached hydrogens (tertiary/aromatic N) is 3. The van der Waals surface area contributed by atoms with Crippen LogP contribution in [-0.4, -0.2) is 62.3 Å². The third-order valence-corrected chi connectivity index (χ3v) is 7.18. The molecule has 164 valence electrons. The fourth-order valence-corrected chi connectivity index (χ4v) is 5.03. The van der Waals surface area contributed by atoms with Gasteiger partial charge in [-0.1, -0.05) is 33.3 Å². The summed E-state index contributed by atoms with van der Waals surface area (Å²) >= 11 is 4.99. The standard InChI is InChI=1S/C23H26BrN3O3S/c1-16-4-9-19(29-2)20-21(16)31-23(25-20)27(11-3-10-26-12-14-30-15-13-26)22(28)17-5-7-18(24)8-6-17/h4-9H,3,10-15H2,1-2H3. The van der Waals surface area contributed by atoms with Gasteiger partial charge in [-0.05, 0) is 49.2 Å². The smallest absolute Gasteiger partial charge is 0.260 e. The number of hydrogen-bond donors (Lipinski definition) is 0. The highest BCUT2D eigenvalue weighted by Gasteiger charge is 2.23. The van der Waals surface area contributed by atoms with Gasteiger partial charge in [0.05, 0.1) is 25.0 Å². The molecule has 0 N–H and O–H groups in total. The number of morpholine rings is 1. The van der Waals surface area contributed by atoms with Crippen molar-refractivity contribution in [3.8, 4) is 5.75 Å². The summed E-state index contributed by atoms with van der Waals surface area (Å²) in [6.07, 6.45) is 0.869. The number of benzene rings is 2.